The maximum absolute atomic E-state index is 12.3. The van der Waals surface area contributed by atoms with E-state index in [-0.39, 0.29) is 24.3 Å². The molecular weight excluding hydrogens is 290 g/mol. The molecule has 0 aliphatic rings. The minimum Gasteiger partial charge on any atom is -0.341 e. The maximum atomic E-state index is 12.3. The molecule has 23 heavy (non-hydrogen) atoms. The van der Waals surface area contributed by atoms with Gasteiger partial charge in [-0.25, -0.2) is 0 Å². The number of hydrogen-bond donors (Lipinski definition) is 2. The van der Waals surface area contributed by atoms with Crippen LogP contribution in [-0.4, -0.2) is 24.4 Å². The third-order valence-corrected chi connectivity index (χ3v) is 3.43. The van der Waals surface area contributed by atoms with E-state index in [0.717, 1.165) is 12.8 Å². The second kappa shape index (κ2) is 9.62. The summed E-state index contributed by atoms with van der Waals surface area (Å²) >= 11 is 0. The van der Waals surface area contributed by atoms with Gasteiger partial charge in [-0.1, -0.05) is 39.3 Å². The molecule has 0 unspecified atom stereocenters. The van der Waals surface area contributed by atoms with Gasteiger partial charge in [-0.2, -0.15) is 5.26 Å². The van der Waals surface area contributed by atoms with E-state index >= 15 is 0 Å². The Morgan fingerprint density at radius 3 is 2.39 bits per heavy atom. The number of nitrogens with one attached hydrogen (secondary N) is 2. The smallest absolute Gasteiger partial charge is 0.251 e. The Kier molecular flexibility index (Phi) is 7.82. The molecule has 0 saturated carbocycles. The van der Waals surface area contributed by atoms with E-state index in [4.69, 9.17) is 5.26 Å². The number of aryl methyl sites for hydroxylation is 1. The second-order valence-electron chi connectivity index (χ2n) is 5.98. The molecule has 124 valence electrons. The highest BCUT2D eigenvalue weighted by Crippen LogP contribution is 2.09. The number of amides is 2. The quantitative estimate of drug-likeness (QED) is 0.723. The van der Waals surface area contributed by atoms with Gasteiger partial charge in [-0.3, -0.25) is 9.59 Å². The van der Waals surface area contributed by atoms with Crippen LogP contribution in [0.15, 0.2) is 24.3 Å². The van der Waals surface area contributed by atoms with Gasteiger partial charge in [0.25, 0.3) is 5.91 Å². The van der Waals surface area contributed by atoms with Crippen molar-refractivity contribution >= 4 is 11.8 Å². The fourth-order valence-electron chi connectivity index (χ4n) is 2.31. The number of nitriles is 1. The number of rotatable bonds is 8. The van der Waals surface area contributed by atoms with Crippen LogP contribution in [0.2, 0.25) is 0 Å². The Hall–Kier alpha value is -2.35. The molecule has 0 aromatic heterocycles. The summed E-state index contributed by atoms with van der Waals surface area (Å²) < 4.78 is 0. The molecule has 1 aromatic rings. The van der Waals surface area contributed by atoms with Crippen molar-refractivity contribution in [1.29, 1.82) is 5.26 Å². The highest BCUT2D eigenvalue weighted by atomic mass is 16.2. The van der Waals surface area contributed by atoms with Gasteiger partial charge in [0.05, 0.1) is 6.07 Å². The van der Waals surface area contributed by atoms with Crippen LogP contribution in [0.3, 0.4) is 0 Å². The van der Waals surface area contributed by atoms with Crippen molar-refractivity contribution in [2.75, 3.05) is 6.54 Å². The Labute approximate surface area is 138 Å². The number of benzene rings is 1. The second-order valence-corrected chi connectivity index (χ2v) is 5.98. The summed E-state index contributed by atoms with van der Waals surface area (Å²) in [6.07, 6.45) is 2.56. The molecule has 5 heteroatoms. The molecule has 5 nitrogen and oxygen atoms in total. The number of nitrogens with zero attached hydrogens (tertiary/aromatic N) is 1. The highest BCUT2D eigenvalue weighted by Gasteiger charge is 2.22. The fourth-order valence-corrected chi connectivity index (χ4v) is 2.31. The third-order valence-electron chi connectivity index (χ3n) is 3.43. The van der Waals surface area contributed by atoms with E-state index in [1.807, 2.05) is 32.0 Å². The van der Waals surface area contributed by atoms with Crippen molar-refractivity contribution < 1.29 is 9.59 Å². The van der Waals surface area contributed by atoms with Crippen molar-refractivity contribution in [1.82, 2.24) is 10.6 Å². The summed E-state index contributed by atoms with van der Waals surface area (Å²) in [6, 6.07) is 8.66. The Balaban J connectivity index is 2.75. The highest BCUT2D eigenvalue weighted by molar-refractivity contribution is 5.97. The first kappa shape index (κ1) is 18.7. The Bertz CT molecular complexity index is 559. The van der Waals surface area contributed by atoms with Crippen LogP contribution in [0, 0.1) is 17.2 Å². The van der Waals surface area contributed by atoms with E-state index in [9.17, 15) is 9.59 Å². The number of carbonyl (C=O) groups excluding carboxylic acids is 2. The van der Waals surface area contributed by atoms with E-state index in [0.29, 0.717) is 12.0 Å². The van der Waals surface area contributed by atoms with Crippen molar-refractivity contribution in [3.8, 4) is 6.07 Å². The van der Waals surface area contributed by atoms with Gasteiger partial charge in [0.2, 0.25) is 5.91 Å². The predicted molar refractivity (Wildman–Crippen MR) is 89.8 cm³/mol. The lowest BCUT2D eigenvalue weighted by atomic mass is 10.0. The molecule has 2 N–H and O–H groups in total. The summed E-state index contributed by atoms with van der Waals surface area (Å²) in [4.78, 5) is 24.4. The molecule has 0 aliphatic heterocycles. The minimum atomic E-state index is -0.633. The van der Waals surface area contributed by atoms with E-state index in [1.54, 1.807) is 12.1 Å². The lowest BCUT2D eigenvalue weighted by molar-refractivity contribution is -0.123. The van der Waals surface area contributed by atoms with Gasteiger partial charge in [-0.05, 0) is 36.5 Å². The van der Waals surface area contributed by atoms with Crippen molar-refractivity contribution in [3.05, 3.63) is 35.4 Å². The summed E-state index contributed by atoms with van der Waals surface area (Å²) in [6.45, 7) is 6.01. The van der Waals surface area contributed by atoms with Crippen molar-refractivity contribution in [2.24, 2.45) is 5.92 Å². The first-order valence-corrected chi connectivity index (χ1v) is 8.02. The van der Waals surface area contributed by atoms with Gasteiger partial charge in [0, 0.05) is 5.56 Å². The molecule has 0 fully saturated rings. The maximum Gasteiger partial charge on any atom is 0.251 e. The normalized spacial score (nSPS) is 11.6. The van der Waals surface area contributed by atoms with Gasteiger partial charge >= 0.3 is 0 Å². The van der Waals surface area contributed by atoms with Crippen LogP contribution >= 0.6 is 0 Å². The largest absolute Gasteiger partial charge is 0.341 e. The molecule has 0 radical (unpaired) electrons. The standard InChI is InChI=1S/C18H25N3O2/c1-4-5-14-6-8-15(9-7-14)17(22)21-16(12-13(2)3)18(23)20-11-10-19/h6-9,13,16H,4-5,11-12H2,1-3H3,(H,20,23)(H,21,22)/t16-/m0/s1. The van der Waals surface area contributed by atoms with Crippen molar-refractivity contribution in [2.45, 2.75) is 46.1 Å². The van der Waals surface area contributed by atoms with Crippen LogP contribution in [0.4, 0.5) is 0 Å². The van der Waals surface area contributed by atoms with Crippen LogP contribution in [0.1, 0.15) is 49.5 Å². The zero-order valence-electron chi connectivity index (χ0n) is 14.1. The summed E-state index contributed by atoms with van der Waals surface area (Å²) in [7, 11) is 0. The van der Waals surface area contributed by atoms with Gasteiger partial charge in [0.1, 0.15) is 12.6 Å². The minimum absolute atomic E-state index is 0.0605. The summed E-state index contributed by atoms with van der Waals surface area (Å²) in [5.41, 5.74) is 1.72. The number of hydrogen-bond acceptors (Lipinski definition) is 3. The van der Waals surface area contributed by atoms with Crippen molar-refractivity contribution in [3.63, 3.8) is 0 Å². The fraction of sp³-hybridized carbons (Fsp3) is 0.500. The number of carbonyl (C=O) groups is 2. The summed E-state index contributed by atoms with van der Waals surface area (Å²) in [5, 5.41) is 13.8. The molecule has 0 aliphatic carbocycles. The molecule has 1 rings (SSSR count). The SMILES string of the molecule is CCCc1ccc(C(=O)N[C@@H](CC(C)C)C(=O)NCC#N)cc1. The Morgan fingerprint density at radius 2 is 1.87 bits per heavy atom. The molecule has 2 amide bonds. The average Bonchev–Trinajstić information content (AvgIpc) is 2.52. The lowest BCUT2D eigenvalue weighted by Gasteiger charge is -2.19. The van der Waals surface area contributed by atoms with Crippen LogP contribution in [0.25, 0.3) is 0 Å². The topological polar surface area (TPSA) is 82.0 Å². The Morgan fingerprint density at radius 1 is 1.22 bits per heavy atom. The first-order valence-electron chi connectivity index (χ1n) is 8.02. The molecule has 1 aromatic carbocycles. The molecule has 0 saturated heterocycles. The molecule has 1 atom stereocenters. The van der Waals surface area contributed by atoms with Gasteiger partial charge in [0.15, 0.2) is 0 Å². The van der Waals surface area contributed by atoms with Crippen LogP contribution in [0.5, 0.6) is 0 Å². The summed E-state index contributed by atoms with van der Waals surface area (Å²) in [5.74, 6) is -0.345. The van der Waals surface area contributed by atoms with Gasteiger partial charge < -0.3 is 10.6 Å². The van der Waals surface area contributed by atoms with E-state index in [2.05, 4.69) is 17.6 Å². The molecule has 0 spiro atoms. The average molecular weight is 315 g/mol. The molecular formula is C18H25N3O2. The third kappa shape index (κ3) is 6.52. The monoisotopic (exact) mass is 315 g/mol. The van der Waals surface area contributed by atoms with Crippen LogP contribution in [-0.2, 0) is 11.2 Å². The van der Waals surface area contributed by atoms with E-state index < -0.39 is 6.04 Å². The van der Waals surface area contributed by atoms with Crippen LogP contribution < -0.4 is 10.6 Å². The van der Waals surface area contributed by atoms with E-state index in [1.165, 1.54) is 5.56 Å². The molecule has 0 bridgehead atoms. The first-order chi connectivity index (χ1) is 11.0. The zero-order valence-corrected chi connectivity index (χ0v) is 14.1. The predicted octanol–water partition coefficient (Wildman–Crippen LogP) is 2.42. The van der Waals surface area contributed by atoms with Gasteiger partial charge in [-0.15, -0.1) is 0 Å². The lowest BCUT2D eigenvalue weighted by Crippen LogP contribution is -2.47. The zero-order chi connectivity index (χ0) is 17.2. The molecule has 0 heterocycles.